The number of hydrogen-bond donors (Lipinski definition) is 1. The Kier molecular flexibility index (Phi) is 11.5. The number of carbonyl (C=O) groups is 2. The number of hydrogen-bond acceptors (Lipinski definition) is 5. The molecule has 8 nitrogen and oxygen atoms in total. The van der Waals surface area contributed by atoms with Crippen molar-refractivity contribution in [2.24, 2.45) is 0 Å². The summed E-state index contributed by atoms with van der Waals surface area (Å²) in [6, 6.07) is 27.1. The SMILES string of the molecule is CCOc1ccc(N(CC(=O)N(Cc2ccccc2C)[C@H](Cc2ccccc2)C(=O)NC2CCCC2)S(=O)(=O)c2ccc(F)cc2)cc1. The third-order valence-corrected chi connectivity index (χ3v) is 10.5. The van der Waals surface area contributed by atoms with Crippen molar-refractivity contribution >= 4 is 27.5 Å². The molecule has 1 fully saturated rings. The highest BCUT2D eigenvalue weighted by Gasteiger charge is 2.35. The van der Waals surface area contributed by atoms with Crippen molar-refractivity contribution < 1.29 is 27.1 Å². The second-order valence-corrected chi connectivity index (χ2v) is 13.9. The van der Waals surface area contributed by atoms with Gasteiger partial charge in [-0.25, -0.2) is 12.8 Å². The summed E-state index contributed by atoms with van der Waals surface area (Å²) in [6.07, 6.45) is 4.04. The van der Waals surface area contributed by atoms with Gasteiger partial charge < -0.3 is 15.0 Å². The lowest BCUT2D eigenvalue weighted by atomic mass is 10.0. The van der Waals surface area contributed by atoms with Crippen molar-refractivity contribution in [3.63, 3.8) is 0 Å². The lowest BCUT2D eigenvalue weighted by Gasteiger charge is -2.34. The van der Waals surface area contributed by atoms with Gasteiger partial charge in [0.2, 0.25) is 11.8 Å². The number of anilines is 1. The average molecular weight is 672 g/mol. The summed E-state index contributed by atoms with van der Waals surface area (Å²) in [6.45, 7) is 3.70. The molecule has 0 radical (unpaired) electrons. The van der Waals surface area contributed by atoms with E-state index in [1.165, 1.54) is 17.0 Å². The highest BCUT2D eigenvalue weighted by atomic mass is 32.2. The first-order chi connectivity index (χ1) is 23.2. The maximum Gasteiger partial charge on any atom is 0.264 e. The predicted molar refractivity (Wildman–Crippen MR) is 185 cm³/mol. The molecule has 1 aliphatic carbocycles. The Labute approximate surface area is 282 Å². The van der Waals surface area contributed by atoms with Crippen LogP contribution in [0.25, 0.3) is 0 Å². The Balaban J connectivity index is 1.57. The molecule has 0 aromatic heterocycles. The fourth-order valence-electron chi connectivity index (χ4n) is 6.03. The van der Waals surface area contributed by atoms with E-state index in [2.05, 4.69) is 5.32 Å². The van der Waals surface area contributed by atoms with Crippen LogP contribution in [-0.4, -0.2) is 50.4 Å². The Morgan fingerprint density at radius 3 is 2.19 bits per heavy atom. The largest absolute Gasteiger partial charge is 0.494 e. The molecule has 252 valence electrons. The summed E-state index contributed by atoms with van der Waals surface area (Å²) in [5, 5.41) is 3.19. The van der Waals surface area contributed by atoms with Crippen LogP contribution in [0.5, 0.6) is 5.75 Å². The second kappa shape index (κ2) is 15.9. The van der Waals surface area contributed by atoms with E-state index >= 15 is 0 Å². The van der Waals surface area contributed by atoms with E-state index in [0.717, 1.165) is 58.8 Å². The highest BCUT2D eigenvalue weighted by molar-refractivity contribution is 7.92. The van der Waals surface area contributed by atoms with Crippen molar-refractivity contribution in [2.75, 3.05) is 17.5 Å². The van der Waals surface area contributed by atoms with Gasteiger partial charge in [0.1, 0.15) is 24.2 Å². The monoisotopic (exact) mass is 671 g/mol. The number of benzene rings is 4. The van der Waals surface area contributed by atoms with Gasteiger partial charge in [0.15, 0.2) is 0 Å². The molecule has 0 unspecified atom stereocenters. The summed E-state index contributed by atoms with van der Waals surface area (Å²) in [4.78, 5) is 30.1. The van der Waals surface area contributed by atoms with Gasteiger partial charge in [0, 0.05) is 19.0 Å². The van der Waals surface area contributed by atoms with Crippen LogP contribution in [0.2, 0.25) is 0 Å². The topological polar surface area (TPSA) is 96.0 Å². The number of carbonyl (C=O) groups excluding carboxylic acids is 2. The molecule has 2 amide bonds. The molecule has 4 aromatic rings. The van der Waals surface area contributed by atoms with Crippen LogP contribution in [-0.2, 0) is 32.6 Å². The van der Waals surface area contributed by atoms with E-state index < -0.39 is 34.3 Å². The van der Waals surface area contributed by atoms with Gasteiger partial charge in [-0.1, -0.05) is 67.4 Å². The summed E-state index contributed by atoms with van der Waals surface area (Å²) in [7, 11) is -4.35. The van der Waals surface area contributed by atoms with E-state index in [1.54, 1.807) is 24.3 Å². The standard InChI is InChI=1S/C38H42FN3O5S/c1-3-47-34-21-19-33(20-22-34)42(48(45,46)35-23-17-31(39)18-24-35)27-37(43)41(26-30-14-8-7-11-28(30)2)36(25-29-12-5-4-6-13-29)38(44)40-32-15-9-10-16-32/h4-8,11-14,17-24,32,36H,3,9-10,15-16,25-27H2,1-2H3,(H,40,44)/t36-/m1/s1. The van der Waals surface area contributed by atoms with Gasteiger partial charge in [-0.05, 0) is 91.9 Å². The number of nitrogens with zero attached hydrogens (tertiary/aromatic N) is 2. The highest BCUT2D eigenvalue weighted by Crippen LogP contribution is 2.28. The molecule has 10 heteroatoms. The zero-order valence-electron chi connectivity index (χ0n) is 27.3. The molecule has 4 aromatic carbocycles. The number of aryl methyl sites for hydroxylation is 1. The summed E-state index contributed by atoms with van der Waals surface area (Å²) in [5.41, 5.74) is 2.87. The van der Waals surface area contributed by atoms with Crippen molar-refractivity contribution in [1.29, 1.82) is 0 Å². The van der Waals surface area contributed by atoms with E-state index in [9.17, 15) is 22.4 Å². The second-order valence-electron chi connectivity index (χ2n) is 12.0. The number of ether oxygens (including phenoxy) is 1. The van der Waals surface area contributed by atoms with Gasteiger partial charge in [-0.15, -0.1) is 0 Å². The van der Waals surface area contributed by atoms with Crippen molar-refractivity contribution in [3.05, 3.63) is 126 Å². The van der Waals surface area contributed by atoms with Gasteiger partial charge in [-0.3, -0.25) is 13.9 Å². The van der Waals surface area contributed by atoms with Gasteiger partial charge in [0.05, 0.1) is 17.2 Å². The molecule has 0 heterocycles. The Bertz CT molecular complexity index is 1780. The summed E-state index contributed by atoms with van der Waals surface area (Å²) >= 11 is 0. The van der Waals surface area contributed by atoms with Crippen LogP contribution in [0.15, 0.2) is 108 Å². The molecule has 0 saturated heterocycles. The Hall–Kier alpha value is -4.70. The van der Waals surface area contributed by atoms with Crippen LogP contribution in [0.4, 0.5) is 10.1 Å². The van der Waals surface area contributed by atoms with E-state index in [-0.39, 0.29) is 35.5 Å². The lowest BCUT2D eigenvalue weighted by molar-refractivity contribution is -0.140. The predicted octanol–water partition coefficient (Wildman–Crippen LogP) is 6.43. The smallest absolute Gasteiger partial charge is 0.264 e. The van der Waals surface area contributed by atoms with Crippen LogP contribution in [0.1, 0.15) is 49.3 Å². The third-order valence-electron chi connectivity index (χ3n) is 8.69. The number of amides is 2. The molecule has 48 heavy (non-hydrogen) atoms. The number of rotatable bonds is 14. The Morgan fingerprint density at radius 1 is 0.896 bits per heavy atom. The van der Waals surface area contributed by atoms with Crippen LogP contribution in [0.3, 0.4) is 0 Å². The minimum atomic E-state index is -4.35. The van der Waals surface area contributed by atoms with Crippen LogP contribution in [0, 0.1) is 12.7 Å². The van der Waals surface area contributed by atoms with E-state index in [1.807, 2.05) is 68.4 Å². The van der Waals surface area contributed by atoms with Crippen molar-refractivity contribution in [1.82, 2.24) is 10.2 Å². The first-order valence-corrected chi connectivity index (χ1v) is 17.8. The molecule has 0 aliphatic heterocycles. The quantitative estimate of drug-likeness (QED) is 0.167. The minimum absolute atomic E-state index is 0.0189. The minimum Gasteiger partial charge on any atom is -0.494 e. The summed E-state index contributed by atoms with van der Waals surface area (Å²) < 4.78 is 48.8. The maximum absolute atomic E-state index is 14.7. The number of sulfonamides is 1. The molecule has 1 aliphatic rings. The zero-order chi connectivity index (χ0) is 34.1. The van der Waals surface area contributed by atoms with Crippen molar-refractivity contribution in [3.8, 4) is 5.75 Å². The first kappa shape index (κ1) is 34.6. The number of halogens is 1. The van der Waals surface area contributed by atoms with Gasteiger partial charge >= 0.3 is 0 Å². The first-order valence-electron chi connectivity index (χ1n) is 16.3. The normalized spacial score (nSPS) is 13.9. The average Bonchev–Trinajstić information content (AvgIpc) is 3.60. The van der Waals surface area contributed by atoms with Crippen LogP contribution < -0.4 is 14.4 Å². The lowest BCUT2D eigenvalue weighted by Crippen LogP contribution is -2.54. The van der Waals surface area contributed by atoms with Gasteiger partial charge in [0.25, 0.3) is 10.0 Å². The fourth-order valence-corrected chi connectivity index (χ4v) is 7.44. The molecule has 5 rings (SSSR count). The molecule has 1 N–H and O–H groups in total. The van der Waals surface area contributed by atoms with E-state index in [0.29, 0.717) is 12.4 Å². The van der Waals surface area contributed by atoms with Gasteiger partial charge in [-0.2, -0.15) is 0 Å². The van der Waals surface area contributed by atoms with Crippen molar-refractivity contribution in [2.45, 2.75) is 69.5 Å². The summed E-state index contributed by atoms with van der Waals surface area (Å²) in [5.74, 6) is -0.875. The third kappa shape index (κ3) is 8.60. The Morgan fingerprint density at radius 2 is 1.54 bits per heavy atom. The fraction of sp³-hybridized carbons (Fsp3) is 0.316. The molecular formula is C38H42FN3O5S. The molecular weight excluding hydrogens is 629 g/mol. The molecule has 0 spiro atoms. The molecule has 0 bridgehead atoms. The zero-order valence-corrected chi connectivity index (χ0v) is 28.2. The number of nitrogens with one attached hydrogen (secondary N) is 1. The van der Waals surface area contributed by atoms with E-state index in [4.69, 9.17) is 4.74 Å². The molecule has 1 saturated carbocycles. The molecule has 1 atom stereocenters. The van der Waals surface area contributed by atoms with Crippen LogP contribution >= 0.6 is 0 Å². The maximum atomic E-state index is 14.7.